The Bertz CT molecular complexity index is 804. The van der Waals surface area contributed by atoms with Crippen molar-refractivity contribution in [3.63, 3.8) is 0 Å². The summed E-state index contributed by atoms with van der Waals surface area (Å²) in [7, 11) is 4.18. The highest BCUT2D eigenvalue weighted by molar-refractivity contribution is 6.19. The molecule has 2 atom stereocenters. The predicted molar refractivity (Wildman–Crippen MR) is 77.5 cm³/mol. The molecule has 6 heteroatoms. The lowest BCUT2D eigenvalue weighted by atomic mass is 9.90. The molecule has 6 nitrogen and oxygen atoms in total. The number of benzene rings is 1. The first-order valence-electron chi connectivity index (χ1n) is 6.80. The Kier molecular flexibility index (Phi) is 3.24. The Labute approximate surface area is 126 Å². The number of Topliss-reactive ketones (excluding diaryl/α,β-unsaturated/α-hetero) is 1. The zero-order valence-corrected chi connectivity index (χ0v) is 12.5. The molecule has 0 fully saturated rings. The standard InChI is InChI=1S/C16H15NO5/c1-17-9-7-5-4-6-8(9)10-11(15(19)21-2)12(16(20)22-3)14(18)13(10)17/h4-7,11-12H,1-3H3/t11-,12+/m1/s1. The lowest BCUT2D eigenvalue weighted by Gasteiger charge is -2.15. The highest BCUT2D eigenvalue weighted by Crippen LogP contribution is 2.44. The van der Waals surface area contributed by atoms with Crippen LogP contribution in [0.3, 0.4) is 0 Å². The van der Waals surface area contributed by atoms with E-state index in [9.17, 15) is 14.4 Å². The van der Waals surface area contributed by atoms with Gasteiger partial charge in [0.2, 0.25) is 0 Å². The monoisotopic (exact) mass is 301 g/mol. The minimum absolute atomic E-state index is 0.368. The molecule has 0 spiro atoms. The summed E-state index contributed by atoms with van der Waals surface area (Å²) in [6.45, 7) is 0. The minimum atomic E-state index is -1.18. The zero-order valence-electron chi connectivity index (χ0n) is 12.5. The van der Waals surface area contributed by atoms with Crippen LogP contribution < -0.4 is 0 Å². The Morgan fingerprint density at radius 3 is 2.27 bits per heavy atom. The first kappa shape index (κ1) is 14.3. The van der Waals surface area contributed by atoms with Gasteiger partial charge in [-0.25, -0.2) is 0 Å². The third-order valence-corrected chi connectivity index (χ3v) is 4.22. The lowest BCUT2D eigenvalue weighted by Crippen LogP contribution is -2.30. The smallest absolute Gasteiger partial charge is 0.317 e. The van der Waals surface area contributed by atoms with Crippen LogP contribution in [0.1, 0.15) is 22.0 Å². The van der Waals surface area contributed by atoms with E-state index in [-0.39, 0.29) is 0 Å². The largest absolute Gasteiger partial charge is 0.469 e. The van der Waals surface area contributed by atoms with Crippen LogP contribution >= 0.6 is 0 Å². The average Bonchev–Trinajstić information content (AvgIpc) is 3.00. The number of para-hydroxylation sites is 1. The number of ether oxygens (including phenoxy) is 2. The van der Waals surface area contributed by atoms with Gasteiger partial charge in [0.25, 0.3) is 0 Å². The second kappa shape index (κ2) is 4.98. The first-order valence-corrected chi connectivity index (χ1v) is 6.80. The zero-order chi connectivity index (χ0) is 16.0. The molecule has 1 aromatic heterocycles. The summed E-state index contributed by atoms with van der Waals surface area (Å²) in [5.74, 6) is -3.89. The molecule has 0 amide bonds. The number of hydrogen-bond donors (Lipinski definition) is 0. The Morgan fingerprint density at radius 2 is 1.64 bits per heavy atom. The van der Waals surface area contributed by atoms with Gasteiger partial charge in [0.1, 0.15) is 11.8 Å². The molecule has 0 saturated heterocycles. The predicted octanol–water partition coefficient (Wildman–Crippen LogP) is 1.42. The van der Waals surface area contributed by atoms with E-state index in [4.69, 9.17) is 9.47 Å². The van der Waals surface area contributed by atoms with Gasteiger partial charge in [-0.1, -0.05) is 18.2 Å². The molecule has 1 aliphatic carbocycles. The summed E-state index contributed by atoms with van der Waals surface area (Å²) in [6, 6.07) is 7.37. The van der Waals surface area contributed by atoms with E-state index in [1.807, 2.05) is 24.3 Å². The molecule has 0 unspecified atom stereocenters. The number of carbonyl (C=O) groups excluding carboxylic acids is 3. The van der Waals surface area contributed by atoms with Crippen LogP contribution in [0.2, 0.25) is 0 Å². The van der Waals surface area contributed by atoms with Crippen molar-refractivity contribution in [2.45, 2.75) is 5.92 Å². The molecule has 3 rings (SSSR count). The van der Waals surface area contributed by atoms with Gasteiger partial charge >= 0.3 is 11.9 Å². The van der Waals surface area contributed by atoms with E-state index in [0.717, 1.165) is 10.9 Å². The SMILES string of the molecule is COC(=O)[C@@H]1C(=O)c2c(c3ccccc3n2C)[C@H]1C(=O)OC. The number of rotatable bonds is 2. The number of fused-ring (bicyclic) bond motifs is 3. The quantitative estimate of drug-likeness (QED) is 0.619. The third-order valence-electron chi connectivity index (χ3n) is 4.22. The topological polar surface area (TPSA) is 74.6 Å². The van der Waals surface area contributed by atoms with Gasteiger partial charge in [-0.3, -0.25) is 14.4 Å². The fraction of sp³-hybridized carbons (Fsp3) is 0.312. The van der Waals surface area contributed by atoms with Gasteiger partial charge in [-0.15, -0.1) is 0 Å². The Balaban J connectivity index is 2.32. The maximum Gasteiger partial charge on any atom is 0.317 e. The molecule has 1 heterocycles. The first-order chi connectivity index (χ1) is 10.5. The highest BCUT2D eigenvalue weighted by atomic mass is 16.5. The van der Waals surface area contributed by atoms with Crippen molar-refractivity contribution < 1.29 is 23.9 Å². The highest BCUT2D eigenvalue weighted by Gasteiger charge is 2.52. The molecule has 1 aromatic carbocycles. The van der Waals surface area contributed by atoms with E-state index in [1.165, 1.54) is 14.2 Å². The van der Waals surface area contributed by atoms with Crippen molar-refractivity contribution in [2.24, 2.45) is 13.0 Å². The summed E-state index contributed by atoms with van der Waals surface area (Å²) in [5.41, 5.74) is 1.75. The molecule has 0 bridgehead atoms. The molecule has 0 aliphatic heterocycles. The molecule has 0 radical (unpaired) electrons. The number of nitrogens with zero attached hydrogens (tertiary/aromatic N) is 1. The van der Waals surface area contributed by atoms with E-state index >= 15 is 0 Å². The van der Waals surface area contributed by atoms with Crippen LogP contribution in [-0.2, 0) is 26.1 Å². The summed E-state index contributed by atoms with van der Waals surface area (Å²) < 4.78 is 11.2. The van der Waals surface area contributed by atoms with E-state index in [2.05, 4.69) is 0 Å². The van der Waals surface area contributed by atoms with Gasteiger partial charge in [-0.2, -0.15) is 0 Å². The summed E-state index contributed by atoms with van der Waals surface area (Å²) in [5, 5.41) is 0.773. The number of aryl methyl sites for hydroxylation is 1. The second-order valence-corrected chi connectivity index (χ2v) is 5.20. The van der Waals surface area contributed by atoms with Crippen LogP contribution in [0.25, 0.3) is 10.9 Å². The molecular formula is C16H15NO5. The van der Waals surface area contributed by atoms with Gasteiger partial charge in [0.05, 0.1) is 19.9 Å². The maximum absolute atomic E-state index is 12.7. The Hall–Kier alpha value is -2.63. The minimum Gasteiger partial charge on any atom is -0.469 e. The van der Waals surface area contributed by atoms with Gasteiger partial charge in [-0.05, 0) is 6.07 Å². The summed E-state index contributed by atoms with van der Waals surface area (Å²) in [6.07, 6.45) is 0. The average molecular weight is 301 g/mol. The van der Waals surface area contributed by atoms with Crippen LogP contribution in [0.4, 0.5) is 0 Å². The second-order valence-electron chi connectivity index (χ2n) is 5.20. The van der Waals surface area contributed by atoms with E-state index in [1.54, 1.807) is 11.6 Å². The van der Waals surface area contributed by atoms with Crippen molar-refractivity contribution in [1.29, 1.82) is 0 Å². The number of methoxy groups -OCH3 is 2. The molecule has 2 aromatic rings. The van der Waals surface area contributed by atoms with Crippen molar-refractivity contribution in [2.75, 3.05) is 14.2 Å². The van der Waals surface area contributed by atoms with Crippen LogP contribution in [0, 0.1) is 5.92 Å². The van der Waals surface area contributed by atoms with E-state index < -0.39 is 29.6 Å². The normalized spacial score (nSPS) is 20.0. The number of hydrogen-bond acceptors (Lipinski definition) is 5. The Morgan fingerprint density at radius 1 is 1.05 bits per heavy atom. The molecule has 1 aliphatic rings. The van der Waals surface area contributed by atoms with Gasteiger partial charge in [0, 0.05) is 23.5 Å². The fourth-order valence-corrected chi connectivity index (χ4v) is 3.25. The van der Waals surface area contributed by atoms with Gasteiger partial charge in [0.15, 0.2) is 5.78 Å². The van der Waals surface area contributed by atoms with E-state index in [0.29, 0.717) is 11.3 Å². The molecule has 0 N–H and O–H groups in total. The third kappa shape index (κ3) is 1.70. The van der Waals surface area contributed by atoms with Gasteiger partial charge < -0.3 is 14.0 Å². The number of carbonyl (C=O) groups is 3. The number of aromatic nitrogens is 1. The maximum atomic E-state index is 12.7. The molecule has 114 valence electrons. The molecule has 0 saturated carbocycles. The summed E-state index contributed by atoms with van der Waals surface area (Å²) in [4.78, 5) is 36.9. The summed E-state index contributed by atoms with van der Waals surface area (Å²) >= 11 is 0. The molecular weight excluding hydrogens is 286 g/mol. The fourth-order valence-electron chi connectivity index (χ4n) is 3.25. The van der Waals surface area contributed by atoms with Crippen molar-refractivity contribution >= 4 is 28.6 Å². The van der Waals surface area contributed by atoms with Crippen LogP contribution in [0.5, 0.6) is 0 Å². The van der Waals surface area contributed by atoms with Crippen molar-refractivity contribution in [1.82, 2.24) is 4.57 Å². The van der Waals surface area contributed by atoms with Crippen LogP contribution in [-0.4, -0.2) is 36.5 Å². The molecule has 22 heavy (non-hydrogen) atoms. The lowest BCUT2D eigenvalue weighted by molar-refractivity contribution is -0.151. The number of esters is 2. The van der Waals surface area contributed by atoms with Crippen LogP contribution in [0.15, 0.2) is 24.3 Å². The number of ketones is 1. The van der Waals surface area contributed by atoms with Crippen molar-refractivity contribution in [3.05, 3.63) is 35.5 Å². The van der Waals surface area contributed by atoms with Crippen molar-refractivity contribution in [3.8, 4) is 0 Å².